The Kier molecular flexibility index (Phi) is 2.14. The fraction of sp³-hybridized carbons (Fsp3) is 0.938. The van der Waals surface area contributed by atoms with Gasteiger partial charge in [-0.05, 0) is 74.5 Å². The summed E-state index contributed by atoms with van der Waals surface area (Å²) in [5, 5.41) is 9.75. The summed E-state index contributed by atoms with van der Waals surface area (Å²) in [4.78, 5) is 0. The van der Waals surface area contributed by atoms with E-state index in [-0.39, 0.29) is 5.41 Å². The summed E-state index contributed by atoms with van der Waals surface area (Å²) in [6.07, 6.45) is 12.5. The molecule has 92 valence electrons. The molecule has 1 nitrogen and oxygen atoms in total. The average molecular weight is 229 g/mol. The zero-order chi connectivity index (χ0) is 11.5. The quantitative estimate of drug-likeness (QED) is 0.663. The molecule has 0 radical (unpaired) electrons. The molecule has 0 saturated heterocycles. The highest BCUT2D eigenvalue weighted by Crippen LogP contribution is 2.63. The highest BCUT2D eigenvalue weighted by molar-refractivity contribution is 5.13. The Balaban J connectivity index is 1.68. The molecule has 5 rings (SSSR count). The van der Waals surface area contributed by atoms with E-state index >= 15 is 0 Å². The lowest BCUT2D eigenvalue weighted by Crippen LogP contribution is -2.50. The van der Waals surface area contributed by atoms with Gasteiger partial charge in [-0.15, -0.1) is 0 Å². The van der Waals surface area contributed by atoms with Crippen LogP contribution in [0.15, 0.2) is 0 Å². The van der Waals surface area contributed by atoms with Crippen molar-refractivity contribution in [2.45, 2.75) is 57.8 Å². The maximum Gasteiger partial charge on any atom is 0.0692 e. The van der Waals surface area contributed by atoms with Crippen LogP contribution < -0.4 is 0 Å². The molecular formula is C16H23N. The Bertz CT molecular complexity index is 330. The lowest BCUT2D eigenvalue weighted by Gasteiger charge is -2.58. The fourth-order valence-corrected chi connectivity index (χ4v) is 6.35. The van der Waals surface area contributed by atoms with E-state index in [9.17, 15) is 5.26 Å². The third kappa shape index (κ3) is 1.36. The molecule has 0 heterocycles. The number of hydrogen-bond acceptors (Lipinski definition) is 1. The van der Waals surface area contributed by atoms with Crippen LogP contribution in [0.3, 0.4) is 0 Å². The van der Waals surface area contributed by atoms with Crippen molar-refractivity contribution in [1.29, 1.82) is 5.26 Å². The lowest BCUT2D eigenvalue weighted by molar-refractivity contribution is -0.0787. The van der Waals surface area contributed by atoms with Crippen LogP contribution in [0.25, 0.3) is 0 Å². The summed E-state index contributed by atoms with van der Waals surface area (Å²) in [6, 6.07) is 2.81. The van der Waals surface area contributed by atoms with Crippen molar-refractivity contribution < 1.29 is 0 Å². The van der Waals surface area contributed by atoms with Gasteiger partial charge in [0.25, 0.3) is 0 Å². The van der Waals surface area contributed by atoms with Gasteiger partial charge in [0.15, 0.2) is 0 Å². The van der Waals surface area contributed by atoms with E-state index in [2.05, 4.69) is 6.07 Å². The molecule has 0 spiro atoms. The van der Waals surface area contributed by atoms with Crippen molar-refractivity contribution in [1.82, 2.24) is 0 Å². The Morgan fingerprint density at radius 3 is 1.82 bits per heavy atom. The minimum atomic E-state index is 0.114. The second-order valence-electron chi connectivity index (χ2n) is 7.43. The van der Waals surface area contributed by atoms with Gasteiger partial charge in [-0.25, -0.2) is 0 Å². The van der Waals surface area contributed by atoms with Gasteiger partial charge >= 0.3 is 0 Å². The summed E-state index contributed by atoms with van der Waals surface area (Å²) < 4.78 is 0. The predicted molar refractivity (Wildman–Crippen MR) is 67.0 cm³/mol. The molecule has 0 aromatic heterocycles. The molecule has 0 aliphatic heterocycles. The first kappa shape index (κ1) is 10.4. The van der Waals surface area contributed by atoms with Gasteiger partial charge in [0.1, 0.15) is 0 Å². The molecule has 0 aromatic rings. The molecule has 4 bridgehead atoms. The Labute approximate surface area is 105 Å². The molecule has 5 fully saturated rings. The Morgan fingerprint density at radius 1 is 0.824 bits per heavy atom. The van der Waals surface area contributed by atoms with Crippen molar-refractivity contribution in [2.75, 3.05) is 0 Å². The van der Waals surface area contributed by atoms with E-state index in [0.717, 1.165) is 29.6 Å². The summed E-state index contributed by atoms with van der Waals surface area (Å²) in [5.74, 6) is 4.76. The third-order valence-electron chi connectivity index (χ3n) is 6.58. The molecule has 5 aliphatic rings. The average Bonchev–Trinajstić information content (AvgIpc) is 2.77. The van der Waals surface area contributed by atoms with Crippen molar-refractivity contribution >= 4 is 0 Å². The number of hydrogen-bond donors (Lipinski definition) is 0. The summed E-state index contributed by atoms with van der Waals surface area (Å²) in [6.45, 7) is 0. The summed E-state index contributed by atoms with van der Waals surface area (Å²) >= 11 is 0. The summed E-state index contributed by atoms with van der Waals surface area (Å²) in [7, 11) is 0. The van der Waals surface area contributed by atoms with Crippen LogP contribution in [-0.4, -0.2) is 0 Å². The highest BCUT2D eigenvalue weighted by Gasteiger charge is 2.56. The van der Waals surface area contributed by atoms with Gasteiger partial charge in [0, 0.05) is 0 Å². The van der Waals surface area contributed by atoms with E-state index in [4.69, 9.17) is 0 Å². The maximum absolute atomic E-state index is 9.75. The number of nitriles is 1. The Morgan fingerprint density at radius 2 is 1.35 bits per heavy atom. The third-order valence-corrected chi connectivity index (χ3v) is 6.58. The van der Waals surface area contributed by atoms with Crippen LogP contribution in [0.5, 0.6) is 0 Å². The van der Waals surface area contributed by atoms with Crippen LogP contribution >= 0.6 is 0 Å². The van der Waals surface area contributed by atoms with Crippen molar-refractivity contribution in [2.24, 2.45) is 35.0 Å². The standard InChI is InChI=1S/C16H23N/c17-10-16(3-1-2-4-16)15-13-6-11-5-12(8-13)9-14(15)7-11/h11-15H,1-9H2. The zero-order valence-electron chi connectivity index (χ0n) is 10.7. The smallest absolute Gasteiger partial charge is 0.0692 e. The van der Waals surface area contributed by atoms with E-state index in [0.29, 0.717) is 0 Å². The van der Waals surface area contributed by atoms with Crippen LogP contribution in [-0.2, 0) is 0 Å². The fourth-order valence-electron chi connectivity index (χ4n) is 6.35. The van der Waals surface area contributed by atoms with E-state index in [1.165, 1.54) is 57.8 Å². The van der Waals surface area contributed by atoms with Gasteiger partial charge in [0.2, 0.25) is 0 Å². The van der Waals surface area contributed by atoms with E-state index in [1.54, 1.807) is 0 Å². The van der Waals surface area contributed by atoms with Crippen LogP contribution in [0.1, 0.15) is 57.8 Å². The highest BCUT2D eigenvalue weighted by atomic mass is 14.6. The second-order valence-corrected chi connectivity index (χ2v) is 7.43. The normalized spacial score (nSPS) is 50.4. The topological polar surface area (TPSA) is 23.8 Å². The first-order valence-corrected chi connectivity index (χ1v) is 7.72. The minimum Gasteiger partial charge on any atom is -0.198 e. The van der Waals surface area contributed by atoms with Gasteiger partial charge in [-0.2, -0.15) is 5.26 Å². The molecule has 17 heavy (non-hydrogen) atoms. The molecule has 0 unspecified atom stereocenters. The van der Waals surface area contributed by atoms with Crippen LogP contribution in [0.4, 0.5) is 0 Å². The minimum absolute atomic E-state index is 0.114. The zero-order valence-corrected chi connectivity index (χ0v) is 10.7. The van der Waals surface area contributed by atoms with Crippen molar-refractivity contribution in [3.05, 3.63) is 0 Å². The number of nitrogens with zero attached hydrogens (tertiary/aromatic N) is 1. The first-order chi connectivity index (χ1) is 8.31. The van der Waals surface area contributed by atoms with Gasteiger partial charge < -0.3 is 0 Å². The molecular weight excluding hydrogens is 206 g/mol. The Hall–Kier alpha value is -0.510. The van der Waals surface area contributed by atoms with Gasteiger partial charge in [-0.1, -0.05) is 12.8 Å². The SMILES string of the molecule is N#CC1(C2C3CC4CC(C3)CC2C4)CCCC1. The molecule has 0 atom stereocenters. The maximum atomic E-state index is 9.75. The molecule has 0 amide bonds. The summed E-state index contributed by atoms with van der Waals surface area (Å²) in [5.41, 5.74) is 0.114. The van der Waals surface area contributed by atoms with Gasteiger partial charge in [0.05, 0.1) is 11.5 Å². The predicted octanol–water partition coefficient (Wildman–Crippen LogP) is 4.14. The van der Waals surface area contributed by atoms with E-state index in [1.807, 2.05) is 0 Å². The second kappa shape index (κ2) is 3.50. The molecule has 5 saturated carbocycles. The van der Waals surface area contributed by atoms with Crippen molar-refractivity contribution in [3.63, 3.8) is 0 Å². The molecule has 0 aromatic carbocycles. The van der Waals surface area contributed by atoms with Crippen LogP contribution in [0, 0.1) is 46.3 Å². The molecule has 5 aliphatic carbocycles. The lowest BCUT2D eigenvalue weighted by atomic mass is 9.46. The van der Waals surface area contributed by atoms with E-state index < -0.39 is 0 Å². The van der Waals surface area contributed by atoms with Gasteiger partial charge in [-0.3, -0.25) is 0 Å². The number of rotatable bonds is 1. The molecule has 1 heteroatoms. The molecule has 0 N–H and O–H groups in total. The van der Waals surface area contributed by atoms with Crippen molar-refractivity contribution in [3.8, 4) is 6.07 Å². The van der Waals surface area contributed by atoms with Crippen LogP contribution in [0.2, 0.25) is 0 Å². The first-order valence-electron chi connectivity index (χ1n) is 7.72. The monoisotopic (exact) mass is 229 g/mol. The largest absolute Gasteiger partial charge is 0.198 e.